The first-order chi connectivity index (χ1) is 13.7. The Morgan fingerprint density at radius 3 is 3.00 bits per heavy atom. The molecule has 0 N–H and O–H groups in total. The third-order valence-corrected chi connectivity index (χ3v) is 6.29. The highest BCUT2D eigenvalue weighted by Gasteiger charge is 2.25. The predicted molar refractivity (Wildman–Crippen MR) is 104 cm³/mol. The van der Waals surface area contributed by atoms with Crippen molar-refractivity contribution in [2.45, 2.75) is 39.2 Å². The van der Waals surface area contributed by atoms with Crippen LogP contribution in [0.5, 0.6) is 0 Å². The van der Waals surface area contributed by atoms with Crippen LogP contribution >= 0.6 is 11.3 Å². The van der Waals surface area contributed by atoms with Crippen molar-refractivity contribution in [3.05, 3.63) is 39.3 Å². The lowest BCUT2D eigenvalue weighted by Gasteiger charge is -2.10. The molecule has 0 saturated heterocycles. The Hall–Kier alpha value is -2.94. The van der Waals surface area contributed by atoms with Crippen LogP contribution in [0.1, 0.15) is 30.2 Å². The Bertz CT molecular complexity index is 1250. The van der Waals surface area contributed by atoms with Gasteiger partial charge in [0.2, 0.25) is 5.82 Å². The molecule has 8 nitrogen and oxygen atoms in total. The van der Waals surface area contributed by atoms with Crippen LogP contribution in [0.2, 0.25) is 0 Å². The second kappa shape index (κ2) is 6.59. The van der Waals surface area contributed by atoms with Crippen LogP contribution in [0.25, 0.3) is 27.4 Å². The average molecular weight is 398 g/mol. The standard InChI is InChI=1S/C19H18N4O4S/c1-2-26-14(24)10-22-18-15(11-6-3-4-8-13(11)28-18)17-20-16(12-7-5-9-27-12)21-23(17)19(22)25/h5,7,9H,2-4,6,8,10H2,1H3. The van der Waals surface area contributed by atoms with Crippen LogP contribution in [-0.4, -0.2) is 31.7 Å². The second-order valence-corrected chi connectivity index (χ2v) is 7.80. The monoisotopic (exact) mass is 398 g/mol. The molecular weight excluding hydrogens is 380 g/mol. The zero-order chi connectivity index (χ0) is 19.3. The molecule has 28 heavy (non-hydrogen) atoms. The zero-order valence-electron chi connectivity index (χ0n) is 15.3. The Morgan fingerprint density at radius 1 is 1.36 bits per heavy atom. The number of aryl methyl sites for hydroxylation is 2. The fraction of sp³-hybridized carbons (Fsp3) is 0.368. The van der Waals surface area contributed by atoms with Crippen molar-refractivity contribution in [1.82, 2.24) is 19.2 Å². The van der Waals surface area contributed by atoms with Crippen molar-refractivity contribution in [2.75, 3.05) is 6.61 Å². The summed E-state index contributed by atoms with van der Waals surface area (Å²) in [6, 6.07) is 3.51. The second-order valence-electron chi connectivity index (χ2n) is 6.71. The first-order valence-electron chi connectivity index (χ1n) is 9.30. The SMILES string of the molecule is CCOC(=O)Cn1c(=O)n2nc(-c3ccco3)nc2c2c3c(sc21)CCCC3. The normalized spacial score (nSPS) is 13.9. The lowest BCUT2D eigenvalue weighted by molar-refractivity contribution is -0.143. The van der Waals surface area contributed by atoms with Gasteiger partial charge < -0.3 is 9.15 Å². The lowest BCUT2D eigenvalue weighted by Crippen LogP contribution is -2.30. The van der Waals surface area contributed by atoms with Crippen LogP contribution in [0.3, 0.4) is 0 Å². The maximum Gasteiger partial charge on any atom is 0.352 e. The molecule has 0 fully saturated rings. The molecule has 4 aromatic rings. The van der Waals surface area contributed by atoms with Crippen LogP contribution in [0, 0.1) is 0 Å². The molecule has 1 aliphatic carbocycles. The molecule has 0 saturated carbocycles. The van der Waals surface area contributed by atoms with E-state index >= 15 is 0 Å². The average Bonchev–Trinajstić information content (AvgIpc) is 3.42. The Kier molecular flexibility index (Phi) is 4.04. The number of carbonyl (C=O) groups is 1. The number of fused-ring (bicyclic) bond motifs is 5. The summed E-state index contributed by atoms with van der Waals surface area (Å²) < 4.78 is 13.2. The van der Waals surface area contributed by atoms with Gasteiger partial charge in [0, 0.05) is 4.88 Å². The smallest absolute Gasteiger partial charge is 0.352 e. The molecule has 0 bridgehead atoms. The Balaban J connectivity index is 1.82. The quantitative estimate of drug-likeness (QED) is 0.491. The van der Waals surface area contributed by atoms with Crippen LogP contribution < -0.4 is 5.69 Å². The molecular formula is C19H18N4O4S. The summed E-state index contributed by atoms with van der Waals surface area (Å²) in [4.78, 5) is 31.9. The molecule has 144 valence electrons. The summed E-state index contributed by atoms with van der Waals surface area (Å²) >= 11 is 1.57. The van der Waals surface area contributed by atoms with Gasteiger partial charge in [-0.05, 0) is 50.3 Å². The molecule has 9 heteroatoms. The van der Waals surface area contributed by atoms with Crippen molar-refractivity contribution in [2.24, 2.45) is 0 Å². The molecule has 0 unspecified atom stereocenters. The van der Waals surface area contributed by atoms with E-state index in [9.17, 15) is 9.59 Å². The molecule has 4 aromatic heterocycles. The number of hydrogen-bond acceptors (Lipinski definition) is 7. The first-order valence-corrected chi connectivity index (χ1v) is 10.1. The molecule has 0 radical (unpaired) electrons. The van der Waals surface area contributed by atoms with E-state index in [0.717, 1.165) is 35.9 Å². The van der Waals surface area contributed by atoms with Gasteiger partial charge in [0.05, 0.1) is 18.3 Å². The van der Waals surface area contributed by atoms with Crippen LogP contribution in [-0.2, 0) is 28.9 Å². The molecule has 1 aliphatic rings. The van der Waals surface area contributed by atoms with E-state index in [-0.39, 0.29) is 13.2 Å². The third kappa shape index (κ3) is 2.57. The van der Waals surface area contributed by atoms with Gasteiger partial charge >= 0.3 is 11.7 Å². The molecule has 5 rings (SSSR count). The Labute approximate surface area is 163 Å². The van der Waals surface area contributed by atoms with E-state index in [1.54, 1.807) is 36.7 Å². The molecule has 0 atom stereocenters. The van der Waals surface area contributed by atoms with Gasteiger partial charge in [0.25, 0.3) is 0 Å². The minimum absolute atomic E-state index is 0.144. The highest BCUT2D eigenvalue weighted by atomic mass is 32.1. The number of thiophene rings is 1. The Morgan fingerprint density at radius 2 is 2.21 bits per heavy atom. The van der Waals surface area contributed by atoms with E-state index in [4.69, 9.17) is 9.15 Å². The lowest BCUT2D eigenvalue weighted by atomic mass is 9.97. The van der Waals surface area contributed by atoms with Gasteiger partial charge in [-0.25, -0.2) is 9.78 Å². The van der Waals surface area contributed by atoms with Crippen LogP contribution in [0.4, 0.5) is 0 Å². The van der Waals surface area contributed by atoms with Gasteiger partial charge in [0.15, 0.2) is 11.4 Å². The number of hydrogen-bond donors (Lipinski definition) is 0. The topological polar surface area (TPSA) is 91.6 Å². The molecule has 0 aliphatic heterocycles. The minimum Gasteiger partial charge on any atom is -0.465 e. The number of furan rings is 1. The minimum atomic E-state index is -0.442. The summed E-state index contributed by atoms with van der Waals surface area (Å²) in [5.74, 6) is 0.410. The van der Waals surface area contributed by atoms with E-state index in [0.29, 0.717) is 17.2 Å². The van der Waals surface area contributed by atoms with Gasteiger partial charge in [-0.3, -0.25) is 9.36 Å². The number of ether oxygens (including phenoxy) is 1. The maximum atomic E-state index is 13.2. The third-order valence-electron chi connectivity index (χ3n) is 4.97. The van der Waals surface area contributed by atoms with Gasteiger partial charge in [0.1, 0.15) is 11.4 Å². The molecule has 0 amide bonds. The van der Waals surface area contributed by atoms with E-state index in [1.807, 2.05) is 0 Å². The van der Waals surface area contributed by atoms with Crippen molar-refractivity contribution in [3.8, 4) is 11.6 Å². The number of aromatic nitrogens is 4. The van der Waals surface area contributed by atoms with Gasteiger partial charge in [-0.15, -0.1) is 16.4 Å². The number of rotatable bonds is 4. The van der Waals surface area contributed by atoms with Crippen molar-refractivity contribution in [1.29, 1.82) is 0 Å². The molecule has 0 spiro atoms. The first kappa shape index (κ1) is 17.2. The zero-order valence-corrected chi connectivity index (χ0v) is 16.1. The van der Waals surface area contributed by atoms with Crippen molar-refractivity contribution < 1.29 is 13.9 Å². The maximum absolute atomic E-state index is 13.2. The van der Waals surface area contributed by atoms with E-state index in [2.05, 4.69) is 10.1 Å². The summed E-state index contributed by atoms with van der Waals surface area (Å²) in [5, 5.41) is 5.29. The summed E-state index contributed by atoms with van der Waals surface area (Å²) in [5.41, 5.74) is 1.33. The highest BCUT2D eigenvalue weighted by molar-refractivity contribution is 7.19. The largest absolute Gasteiger partial charge is 0.465 e. The molecule has 0 aromatic carbocycles. The van der Waals surface area contributed by atoms with E-state index in [1.165, 1.54) is 19.5 Å². The predicted octanol–water partition coefficient (Wildman–Crippen LogP) is 2.81. The van der Waals surface area contributed by atoms with Crippen molar-refractivity contribution in [3.63, 3.8) is 0 Å². The van der Waals surface area contributed by atoms with Crippen LogP contribution in [0.15, 0.2) is 27.6 Å². The number of nitrogens with zero attached hydrogens (tertiary/aromatic N) is 4. The fourth-order valence-electron chi connectivity index (χ4n) is 3.77. The highest BCUT2D eigenvalue weighted by Crippen LogP contribution is 2.37. The molecule has 4 heterocycles. The summed E-state index contributed by atoms with van der Waals surface area (Å²) in [6.45, 7) is 1.87. The van der Waals surface area contributed by atoms with E-state index < -0.39 is 11.7 Å². The summed E-state index contributed by atoms with van der Waals surface area (Å²) in [7, 11) is 0. The fourth-order valence-corrected chi connectivity index (χ4v) is 5.14. The summed E-state index contributed by atoms with van der Waals surface area (Å²) in [6.07, 6.45) is 5.69. The number of esters is 1. The van der Waals surface area contributed by atoms with Crippen molar-refractivity contribution >= 4 is 33.2 Å². The van der Waals surface area contributed by atoms with Gasteiger partial charge in [-0.2, -0.15) is 4.52 Å². The van der Waals surface area contributed by atoms with Gasteiger partial charge in [-0.1, -0.05) is 0 Å². The number of carbonyl (C=O) groups excluding carboxylic acids is 1.